The molecule has 0 aromatic carbocycles. The van der Waals surface area contributed by atoms with Gasteiger partial charge in [-0.1, -0.05) is 0 Å². The van der Waals surface area contributed by atoms with E-state index in [2.05, 4.69) is 10.2 Å². The lowest BCUT2D eigenvalue weighted by molar-refractivity contribution is 0.112. The molecular formula is C12H13N3O3S. The molecule has 1 aliphatic rings. The summed E-state index contributed by atoms with van der Waals surface area (Å²) >= 11 is 0. The molecule has 0 N–H and O–H groups in total. The van der Waals surface area contributed by atoms with Crippen molar-refractivity contribution in [1.29, 1.82) is 0 Å². The van der Waals surface area contributed by atoms with Crippen LogP contribution in [0.1, 0.15) is 34.9 Å². The van der Waals surface area contributed by atoms with Crippen LogP contribution in [0.2, 0.25) is 0 Å². The third-order valence-corrected chi connectivity index (χ3v) is 5.23. The third kappa shape index (κ3) is 2.25. The number of carbonyl (C=O) groups is 1. The highest BCUT2D eigenvalue weighted by atomic mass is 32.2. The van der Waals surface area contributed by atoms with E-state index < -0.39 is 9.84 Å². The fourth-order valence-electron chi connectivity index (χ4n) is 2.42. The summed E-state index contributed by atoms with van der Waals surface area (Å²) in [6.45, 7) is 0. The van der Waals surface area contributed by atoms with Crippen LogP contribution in [0.3, 0.4) is 0 Å². The topological polar surface area (TPSA) is 81.4 Å². The first-order valence-corrected chi connectivity index (χ1v) is 7.91. The first-order valence-electron chi connectivity index (χ1n) is 6.09. The molecule has 7 heteroatoms. The lowest BCUT2D eigenvalue weighted by atomic mass is 10.0. The number of nitrogens with zero attached hydrogens (tertiary/aromatic N) is 3. The Labute approximate surface area is 110 Å². The molecule has 1 saturated heterocycles. The first-order chi connectivity index (χ1) is 9.09. The molecular weight excluding hydrogens is 266 g/mol. The van der Waals surface area contributed by atoms with E-state index in [1.54, 1.807) is 18.3 Å². The number of fused-ring (bicyclic) bond motifs is 1. The van der Waals surface area contributed by atoms with Gasteiger partial charge in [0.2, 0.25) is 0 Å². The molecule has 1 aliphatic heterocycles. The van der Waals surface area contributed by atoms with Crippen molar-refractivity contribution in [2.24, 2.45) is 0 Å². The second kappa shape index (κ2) is 4.41. The lowest BCUT2D eigenvalue weighted by Crippen LogP contribution is -2.23. The van der Waals surface area contributed by atoms with Crippen LogP contribution in [0.15, 0.2) is 18.3 Å². The van der Waals surface area contributed by atoms with Gasteiger partial charge in [0.25, 0.3) is 0 Å². The van der Waals surface area contributed by atoms with Crippen LogP contribution < -0.4 is 0 Å². The Balaban J connectivity index is 1.96. The monoisotopic (exact) mass is 279 g/mol. The Bertz CT molecular complexity index is 722. The largest absolute Gasteiger partial charge is 0.298 e. The molecule has 0 aliphatic carbocycles. The molecule has 3 heterocycles. The Kier molecular flexibility index (Phi) is 2.85. The van der Waals surface area contributed by atoms with Gasteiger partial charge in [-0.2, -0.15) is 0 Å². The number of hydrogen-bond donors (Lipinski definition) is 0. The Morgan fingerprint density at radius 2 is 2.00 bits per heavy atom. The van der Waals surface area contributed by atoms with Crippen molar-refractivity contribution in [1.82, 2.24) is 14.6 Å². The normalized spacial score (nSPS) is 19.6. The van der Waals surface area contributed by atoms with Crippen molar-refractivity contribution in [2.45, 2.75) is 18.8 Å². The fraction of sp³-hybridized carbons (Fsp3) is 0.417. The summed E-state index contributed by atoms with van der Waals surface area (Å²) in [4.78, 5) is 10.7. The minimum Gasteiger partial charge on any atom is -0.298 e. The zero-order chi connectivity index (χ0) is 13.5. The number of hydrogen-bond acceptors (Lipinski definition) is 5. The van der Waals surface area contributed by atoms with Crippen LogP contribution in [0, 0.1) is 0 Å². The summed E-state index contributed by atoms with van der Waals surface area (Å²) in [5.74, 6) is 1.31. The predicted octanol–water partition coefficient (Wildman–Crippen LogP) is 0.834. The maximum absolute atomic E-state index is 11.4. The molecule has 3 rings (SSSR count). The predicted molar refractivity (Wildman–Crippen MR) is 69.0 cm³/mol. The van der Waals surface area contributed by atoms with Gasteiger partial charge in [0.05, 0.1) is 11.5 Å². The van der Waals surface area contributed by atoms with Crippen LogP contribution in [-0.4, -0.2) is 40.8 Å². The third-order valence-electron chi connectivity index (χ3n) is 3.52. The molecule has 0 unspecified atom stereocenters. The molecule has 6 nitrogen and oxygen atoms in total. The van der Waals surface area contributed by atoms with Gasteiger partial charge in [0.15, 0.2) is 5.65 Å². The van der Waals surface area contributed by atoms with E-state index >= 15 is 0 Å². The summed E-state index contributed by atoms with van der Waals surface area (Å²) in [5, 5.41) is 8.19. The van der Waals surface area contributed by atoms with Crippen molar-refractivity contribution >= 4 is 21.8 Å². The van der Waals surface area contributed by atoms with Crippen molar-refractivity contribution in [2.75, 3.05) is 11.5 Å². The van der Waals surface area contributed by atoms with E-state index in [0.717, 1.165) is 12.1 Å². The maximum atomic E-state index is 11.4. The molecule has 100 valence electrons. The Morgan fingerprint density at radius 1 is 1.26 bits per heavy atom. The summed E-state index contributed by atoms with van der Waals surface area (Å²) in [6, 6.07) is 3.37. The molecule has 2 aromatic heterocycles. The first kappa shape index (κ1) is 12.3. The van der Waals surface area contributed by atoms with Gasteiger partial charge in [0.1, 0.15) is 21.9 Å². The molecule has 19 heavy (non-hydrogen) atoms. The highest BCUT2D eigenvalue weighted by Gasteiger charge is 2.27. The summed E-state index contributed by atoms with van der Waals surface area (Å²) in [7, 11) is -2.87. The van der Waals surface area contributed by atoms with E-state index in [9.17, 15) is 13.2 Å². The van der Waals surface area contributed by atoms with Gasteiger partial charge in [0, 0.05) is 17.7 Å². The number of sulfone groups is 1. The van der Waals surface area contributed by atoms with E-state index in [1.807, 2.05) is 4.40 Å². The second-order valence-corrected chi connectivity index (χ2v) is 7.09. The molecule has 0 atom stereocenters. The zero-order valence-corrected chi connectivity index (χ0v) is 11.0. The average molecular weight is 279 g/mol. The van der Waals surface area contributed by atoms with Gasteiger partial charge < -0.3 is 0 Å². The molecule has 0 bridgehead atoms. The molecule has 0 radical (unpaired) electrons. The number of pyridine rings is 1. The number of aromatic nitrogens is 3. The Hall–Kier alpha value is -1.76. The average Bonchev–Trinajstić information content (AvgIpc) is 2.81. The van der Waals surface area contributed by atoms with Crippen molar-refractivity contribution in [3.8, 4) is 0 Å². The van der Waals surface area contributed by atoms with Gasteiger partial charge in [-0.3, -0.25) is 9.20 Å². The van der Waals surface area contributed by atoms with E-state index in [0.29, 0.717) is 24.1 Å². The zero-order valence-electron chi connectivity index (χ0n) is 10.2. The second-order valence-electron chi connectivity index (χ2n) is 4.79. The standard InChI is InChI=1S/C12H13N3O3S/c16-8-9-1-4-15-11(7-9)13-14-12(15)10-2-5-19(17,18)6-3-10/h1,4,7-8,10H,2-3,5-6H2. The molecule has 1 fully saturated rings. The van der Waals surface area contributed by atoms with E-state index in [-0.39, 0.29) is 17.4 Å². The maximum Gasteiger partial charge on any atom is 0.161 e. The number of aldehydes is 1. The van der Waals surface area contributed by atoms with Gasteiger partial charge in [-0.05, 0) is 25.0 Å². The highest BCUT2D eigenvalue weighted by Crippen LogP contribution is 2.28. The van der Waals surface area contributed by atoms with Crippen LogP contribution in [-0.2, 0) is 9.84 Å². The SMILES string of the molecule is O=Cc1ccn2c(C3CCS(=O)(=O)CC3)nnc2c1. The molecule has 2 aromatic rings. The minimum absolute atomic E-state index is 0.112. The van der Waals surface area contributed by atoms with Crippen LogP contribution in [0.4, 0.5) is 0 Å². The van der Waals surface area contributed by atoms with Gasteiger partial charge in [-0.25, -0.2) is 8.42 Å². The van der Waals surface area contributed by atoms with Crippen LogP contribution >= 0.6 is 0 Å². The van der Waals surface area contributed by atoms with E-state index in [4.69, 9.17) is 0 Å². The van der Waals surface area contributed by atoms with Gasteiger partial charge in [-0.15, -0.1) is 10.2 Å². The quantitative estimate of drug-likeness (QED) is 0.761. The number of rotatable bonds is 2. The smallest absolute Gasteiger partial charge is 0.161 e. The molecule has 0 spiro atoms. The van der Waals surface area contributed by atoms with Crippen molar-refractivity contribution in [3.63, 3.8) is 0 Å². The Morgan fingerprint density at radius 3 is 2.68 bits per heavy atom. The van der Waals surface area contributed by atoms with Crippen molar-refractivity contribution < 1.29 is 13.2 Å². The molecule has 0 saturated carbocycles. The lowest BCUT2D eigenvalue weighted by Gasteiger charge is -2.20. The molecule has 0 amide bonds. The highest BCUT2D eigenvalue weighted by molar-refractivity contribution is 7.91. The van der Waals surface area contributed by atoms with Crippen molar-refractivity contribution in [3.05, 3.63) is 29.7 Å². The van der Waals surface area contributed by atoms with Crippen LogP contribution in [0.5, 0.6) is 0 Å². The summed E-state index contributed by atoms with van der Waals surface area (Å²) in [6.07, 6.45) is 3.69. The van der Waals surface area contributed by atoms with Gasteiger partial charge >= 0.3 is 0 Å². The minimum atomic E-state index is -2.87. The fourth-order valence-corrected chi connectivity index (χ4v) is 3.92. The van der Waals surface area contributed by atoms with E-state index in [1.165, 1.54) is 0 Å². The summed E-state index contributed by atoms with van der Waals surface area (Å²) in [5.41, 5.74) is 1.17. The summed E-state index contributed by atoms with van der Waals surface area (Å²) < 4.78 is 24.7. The van der Waals surface area contributed by atoms with Crippen LogP contribution in [0.25, 0.3) is 5.65 Å². The number of carbonyl (C=O) groups excluding carboxylic acids is 1.